The second-order valence-electron chi connectivity index (χ2n) is 19.3. The number of aromatic amines is 2. The van der Waals surface area contributed by atoms with Gasteiger partial charge in [0.25, 0.3) is 22.9 Å². The van der Waals surface area contributed by atoms with Gasteiger partial charge in [-0.2, -0.15) is 5.10 Å². The average Bonchev–Trinajstić information content (AvgIpc) is 3.73. The monoisotopic (exact) mass is 937 g/mol. The Kier molecular flexibility index (Phi) is 14.5. The summed E-state index contributed by atoms with van der Waals surface area (Å²) in [6, 6.07) is 35.6. The van der Waals surface area contributed by atoms with E-state index in [0.29, 0.717) is 51.3 Å². The Morgan fingerprint density at radius 3 is 1.34 bits per heavy atom. The first kappa shape index (κ1) is 49.5. The molecule has 14 heteroatoms. The number of H-pyrrole nitrogens is 2. The van der Waals surface area contributed by atoms with Crippen molar-refractivity contribution < 1.29 is 14.1 Å². The van der Waals surface area contributed by atoms with E-state index >= 15 is 0 Å². The van der Waals surface area contributed by atoms with Crippen molar-refractivity contribution in [3.05, 3.63) is 193 Å². The van der Waals surface area contributed by atoms with Crippen LogP contribution in [-0.2, 0) is 10.8 Å². The molecule has 0 fully saturated rings. The molecule has 0 spiro atoms. The molecule has 2 amide bonds. The lowest BCUT2D eigenvalue weighted by atomic mass is 9.86. The SMILES string of the molecule is Cc1[nH]c(=O)c(Nc2cccnn2)cc1-c1cccc(NC(=O)c2ccc(C(C)(C)C)cc2)c1C.Cc1cc(Nc2cc(-c3cccc(NC(=O)c4ccc(C(C)(C)C)cc4)c3C)c(C)[nH]c2=O)no1. The van der Waals surface area contributed by atoms with Gasteiger partial charge in [0.2, 0.25) is 0 Å². The molecule has 0 saturated heterocycles. The minimum atomic E-state index is -0.257. The Bertz CT molecular complexity index is 3300. The molecule has 0 aliphatic heterocycles. The molecule has 6 N–H and O–H groups in total. The topological polar surface area (TPSA) is 200 Å². The van der Waals surface area contributed by atoms with E-state index in [0.717, 1.165) is 44.8 Å². The molecular formula is C56H59N9O5. The standard InChI is InChI=1S/C28H29N5O2.C28H30N4O3/c1-17-21(22-16-24(27(35)30-18(22)2)31-25-10-7-15-29-33-25)8-6-9-23(17)32-26(34)19-11-13-20(14-12-19)28(3,4)5;1-16-14-25(32-35-16)30-24-15-22(18(3)29-27(24)34)21-8-7-9-23(17(21)2)31-26(33)19-10-12-20(13-11-19)28(4,5)6/h6-16H,1-5H3,(H,30,35)(H,31,33)(H,32,34);7-15H,1-6H3,(H,29,34)(H,30,32)(H,31,33). The highest BCUT2D eigenvalue weighted by Crippen LogP contribution is 2.34. The first-order chi connectivity index (χ1) is 33.2. The Labute approximate surface area is 407 Å². The fourth-order valence-corrected chi connectivity index (χ4v) is 7.82. The van der Waals surface area contributed by atoms with E-state index in [1.807, 2.05) is 113 Å². The van der Waals surface area contributed by atoms with Crippen LogP contribution in [0.2, 0.25) is 0 Å². The van der Waals surface area contributed by atoms with E-state index in [2.05, 4.69) is 88.1 Å². The van der Waals surface area contributed by atoms with Crippen LogP contribution in [0.25, 0.3) is 22.3 Å². The summed E-state index contributed by atoms with van der Waals surface area (Å²) in [5.74, 6) is 1.23. The molecule has 358 valence electrons. The molecule has 4 aromatic carbocycles. The van der Waals surface area contributed by atoms with Crippen LogP contribution in [0.3, 0.4) is 0 Å². The quantitative estimate of drug-likeness (QED) is 0.0766. The van der Waals surface area contributed by atoms with Crippen LogP contribution in [0.5, 0.6) is 0 Å². The number of amides is 2. The van der Waals surface area contributed by atoms with Gasteiger partial charge in [-0.1, -0.05) is 95.2 Å². The summed E-state index contributed by atoms with van der Waals surface area (Å²) in [5, 5.41) is 23.8. The van der Waals surface area contributed by atoms with Crippen LogP contribution < -0.4 is 32.4 Å². The molecule has 0 aliphatic carbocycles. The second-order valence-corrected chi connectivity index (χ2v) is 19.3. The van der Waals surface area contributed by atoms with Crippen molar-refractivity contribution in [2.24, 2.45) is 0 Å². The van der Waals surface area contributed by atoms with Crippen LogP contribution >= 0.6 is 0 Å². The summed E-state index contributed by atoms with van der Waals surface area (Å²) < 4.78 is 5.08. The highest BCUT2D eigenvalue weighted by Gasteiger charge is 2.19. The number of rotatable bonds is 10. The first-order valence-corrected chi connectivity index (χ1v) is 22.9. The Morgan fingerprint density at radius 2 is 0.957 bits per heavy atom. The number of nitrogens with zero attached hydrogens (tertiary/aromatic N) is 3. The third-order valence-corrected chi connectivity index (χ3v) is 12.0. The van der Waals surface area contributed by atoms with Gasteiger partial charge in [-0.3, -0.25) is 19.2 Å². The van der Waals surface area contributed by atoms with Crippen LogP contribution in [0.1, 0.15) is 102 Å². The van der Waals surface area contributed by atoms with Crippen LogP contribution in [-0.4, -0.2) is 37.1 Å². The van der Waals surface area contributed by atoms with Crippen molar-refractivity contribution >= 4 is 46.2 Å². The van der Waals surface area contributed by atoms with Gasteiger partial charge in [0.15, 0.2) is 11.6 Å². The molecule has 0 radical (unpaired) electrons. The summed E-state index contributed by atoms with van der Waals surface area (Å²) in [6.45, 7) is 22.2. The molecule has 4 aromatic heterocycles. The van der Waals surface area contributed by atoms with Crippen molar-refractivity contribution in [1.29, 1.82) is 0 Å². The van der Waals surface area contributed by atoms with E-state index in [9.17, 15) is 19.2 Å². The molecule has 0 aliphatic rings. The summed E-state index contributed by atoms with van der Waals surface area (Å²) in [7, 11) is 0. The zero-order valence-corrected chi connectivity index (χ0v) is 41.4. The number of nitrogens with one attached hydrogen (secondary N) is 6. The Balaban J connectivity index is 0.000000206. The number of benzene rings is 4. The number of hydrogen-bond acceptors (Lipinski definition) is 10. The summed E-state index contributed by atoms with van der Waals surface area (Å²) in [4.78, 5) is 56.8. The average molecular weight is 938 g/mol. The maximum absolute atomic E-state index is 13.0. The third kappa shape index (κ3) is 11.6. The van der Waals surface area contributed by atoms with Gasteiger partial charge in [0, 0.05) is 57.3 Å². The zero-order valence-electron chi connectivity index (χ0n) is 41.4. The molecule has 0 saturated carbocycles. The smallest absolute Gasteiger partial charge is 0.271 e. The molecule has 14 nitrogen and oxygen atoms in total. The fraction of sp³-hybridized carbons (Fsp3) is 0.232. The summed E-state index contributed by atoms with van der Waals surface area (Å²) in [6.07, 6.45) is 1.57. The first-order valence-electron chi connectivity index (χ1n) is 22.9. The summed E-state index contributed by atoms with van der Waals surface area (Å²) in [5.41, 5.74) is 11.9. The van der Waals surface area contributed by atoms with Gasteiger partial charge in [0.1, 0.15) is 17.1 Å². The van der Waals surface area contributed by atoms with Crippen LogP contribution in [0, 0.1) is 34.6 Å². The van der Waals surface area contributed by atoms with Gasteiger partial charge >= 0.3 is 0 Å². The van der Waals surface area contributed by atoms with E-state index < -0.39 is 0 Å². The van der Waals surface area contributed by atoms with Gasteiger partial charge in [-0.25, -0.2) is 0 Å². The normalized spacial score (nSPS) is 11.3. The van der Waals surface area contributed by atoms with Crippen LogP contribution in [0.15, 0.2) is 136 Å². The van der Waals surface area contributed by atoms with E-state index in [-0.39, 0.29) is 33.8 Å². The number of carbonyl (C=O) groups excluding carboxylic acids is 2. The van der Waals surface area contributed by atoms with Gasteiger partial charge < -0.3 is 35.8 Å². The molecular weight excluding hydrogens is 879 g/mol. The minimum Gasteiger partial charge on any atom is -0.360 e. The number of aromatic nitrogens is 5. The predicted molar refractivity (Wildman–Crippen MR) is 280 cm³/mol. The van der Waals surface area contributed by atoms with E-state index in [4.69, 9.17) is 4.52 Å². The fourth-order valence-electron chi connectivity index (χ4n) is 7.82. The number of hydrogen-bond donors (Lipinski definition) is 6. The highest BCUT2D eigenvalue weighted by atomic mass is 16.5. The third-order valence-electron chi connectivity index (χ3n) is 12.0. The summed E-state index contributed by atoms with van der Waals surface area (Å²) >= 11 is 0. The second kappa shape index (κ2) is 20.5. The van der Waals surface area contributed by atoms with Crippen molar-refractivity contribution in [2.45, 2.75) is 87.0 Å². The van der Waals surface area contributed by atoms with Gasteiger partial charge in [-0.05, 0) is 139 Å². The molecule has 8 rings (SSSR count). The lowest BCUT2D eigenvalue weighted by Crippen LogP contribution is -2.15. The van der Waals surface area contributed by atoms with Crippen molar-refractivity contribution in [3.63, 3.8) is 0 Å². The van der Waals surface area contributed by atoms with Crippen molar-refractivity contribution in [3.8, 4) is 22.3 Å². The van der Waals surface area contributed by atoms with E-state index in [1.165, 1.54) is 11.1 Å². The molecule has 0 unspecified atom stereocenters. The molecule has 4 heterocycles. The Morgan fingerprint density at radius 1 is 0.514 bits per heavy atom. The number of aryl methyl sites for hydroxylation is 3. The zero-order chi connectivity index (χ0) is 50.5. The number of pyridine rings is 2. The van der Waals surface area contributed by atoms with Gasteiger partial charge in [-0.15, -0.1) is 5.10 Å². The maximum Gasteiger partial charge on any atom is 0.271 e. The molecule has 70 heavy (non-hydrogen) atoms. The van der Waals surface area contributed by atoms with Crippen molar-refractivity contribution in [1.82, 2.24) is 25.3 Å². The molecule has 8 aromatic rings. The van der Waals surface area contributed by atoms with Crippen molar-refractivity contribution in [2.75, 3.05) is 21.3 Å². The van der Waals surface area contributed by atoms with E-state index in [1.54, 1.807) is 43.5 Å². The molecule has 0 atom stereocenters. The molecule has 0 bridgehead atoms. The largest absolute Gasteiger partial charge is 0.360 e. The van der Waals surface area contributed by atoms with Gasteiger partial charge in [0.05, 0.1) is 0 Å². The highest BCUT2D eigenvalue weighted by molar-refractivity contribution is 6.06. The lowest BCUT2D eigenvalue weighted by Gasteiger charge is -2.19. The lowest BCUT2D eigenvalue weighted by molar-refractivity contribution is 0.101. The minimum absolute atomic E-state index is 0.0225. The number of carbonyl (C=O) groups is 2. The maximum atomic E-state index is 13.0. The Hall–Kier alpha value is -8.39. The van der Waals surface area contributed by atoms with Crippen LogP contribution in [0.4, 0.5) is 34.4 Å². The predicted octanol–water partition coefficient (Wildman–Crippen LogP) is 12.0. The number of anilines is 6.